The highest BCUT2D eigenvalue weighted by molar-refractivity contribution is 6.16. The van der Waals surface area contributed by atoms with Gasteiger partial charge in [0.25, 0.3) is 6.43 Å². The third kappa shape index (κ3) is 2.25. The van der Waals surface area contributed by atoms with Gasteiger partial charge in [-0.05, 0) is 6.07 Å². The number of pyridine rings is 1. The second-order valence-electron chi connectivity index (χ2n) is 2.77. The Balaban J connectivity index is 3.55. The Morgan fingerprint density at radius 2 is 2.31 bits per heavy atom. The molecule has 4 nitrogen and oxygen atoms in total. The standard InChI is InChI=1S/C9H5ClF2N2O2/c10-2-5-1-4(3-13)6(9(15)16)7(14-5)8(11)12/h1,8H,2H2,(H,15,16). The Morgan fingerprint density at radius 3 is 2.69 bits per heavy atom. The minimum Gasteiger partial charge on any atom is -0.478 e. The quantitative estimate of drug-likeness (QED) is 0.831. The van der Waals surface area contributed by atoms with Crippen LogP contribution in [0.25, 0.3) is 0 Å². The van der Waals surface area contributed by atoms with Gasteiger partial charge in [-0.15, -0.1) is 11.6 Å². The zero-order chi connectivity index (χ0) is 12.3. The molecule has 16 heavy (non-hydrogen) atoms. The fourth-order valence-electron chi connectivity index (χ4n) is 1.16. The highest BCUT2D eigenvalue weighted by atomic mass is 35.5. The van der Waals surface area contributed by atoms with Crippen LogP contribution in [0.4, 0.5) is 8.78 Å². The largest absolute Gasteiger partial charge is 0.478 e. The molecule has 1 N–H and O–H groups in total. The molecule has 0 aliphatic rings. The first-order valence-electron chi connectivity index (χ1n) is 4.02. The molecular formula is C9H5ClF2N2O2. The summed E-state index contributed by atoms with van der Waals surface area (Å²) in [5.41, 5.74) is -2.03. The number of alkyl halides is 3. The van der Waals surface area contributed by atoms with E-state index in [9.17, 15) is 13.6 Å². The second kappa shape index (κ2) is 4.86. The first-order valence-corrected chi connectivity index (χ1v) is 4.56. The number of nitriles is 1. The van der Waals surface area contributed by atoms with Crippen LogP contribution in [-0.4, -0.2) is 16.1 Å². The first kappa shape index (κ1) is 12.3. The molecule has 0 aromatic carbocycles. The number of halogens is 3. The fraction of sp³-hybridized carbons (Fsp3) is 0.222. The molecule has 0 unspecified atom stereocenters. The first-order chi connectivity index (χ1) is 7.51. The van der Waals surface area contributed by atoms with Crippen LogP contribution in [0.5, 0.6) is 0 Å². The van der Waals surface area contributed by atoms with Gasteiger partial charge < -0.3 is 5.11 Å². The van der Waals surface area contributed by atoms with Gasteiger partial charge in [-0.2, -0.15) is 5.26 Å². The minimum absolute atomic E-state index is 0.0403. The molecule has 1 rings (SSSR count). The molecule has 0 saturated heterocycles. The molecule has 0 radical (unpaired) electrons. The highest BCUT2D eigenvalue weighted by Gasteiger charge is 2.24. The number of carbonyl (C=O) groups is 1. The number of nitrogens with zero attached hydrogens (tertiary/aromatic N) is 2. The molecule has 7 heteroatoms. The summed E-state index contributed by atoms with van der Waals surface area (Å²) in [5.74, 6) is -1.78. The van der Waals surface area contributed by atoms with E-state index in [0.29, 0.717) is 0 Å². The number of carboxylic acids is 1. The lowest BCUT2D eigenvalue weighted by molar-refractivity contribution is 0.0681. The summed E-state index contributed by atoms with van der Waals surface area (Å²) in [6, 6.07) is 2.62. The predicted molar refractivity (Wildman–Crippen MR) is 50.4 cm³/mol. The van der Waals surface area contributed by atoms with E-state index in [2.05, 4.69) is 4.98 Å². The van der Waals surface area contributed by atoms with Crippen molar-refractivity contribution in [3.8, 4) is 6.07 Å². The monoisotopic (exact) mass is 246 g/mol. The molecule has 0 fully saturated rings. The summed E-state index contributed by atoms with van der Waals surface area (Å²) < 4.78 is 25.1. The smallest absolute Gasteiger partial charge is 0.339 e. The van der Waals surface area contributed by atoms with Gasteiger partial charge in [-0.3, -0.25) is 0 Å². The zero-order valence-electron chi connectivity index (χ0n) is 7.75. The Kier molecular flexibility index (Phi) is 3.74. The van der Waals surface area contributed by atoms with Crippen LogP contribution in [0.2, 0.25) is 0 Å². The van der Waals surface area contributed by atoms with E-state index >= 15 is 0 Å². The van der Waals surface area contributed by atoms with Gasteiger partial charge in [-0.1, -0.05) is 0 Å². The van der Waals surface area contributed by atoms with Gasteiger partial charge in [0.05, 0.1) is 17.1 Å². The van der Waals surface area contributed by atoms with Crippen molar-refractivity contribution in [3.63, 3.8) is 0 Å². The minimum atomic E-state index is -3.07. The third-order valence-electron chi connectivity index (χ3n) is 1.78. The fourth-order valence-corrected chi connectivity index (χ4v) is 1.30. The highest BCUT2D eigenvalue weighted by Crippen LogP contribution is 2.24. The van der Waals surface area contributed by atoms with Crippen molar-refractivity contribution in [1.29, 1.82) is 5.26 Å². The van der Waals surface area contributed by atoms with Crippen molar-refractivity contribution in [1.82, 2.24) is 4.98 Å². The summed E-state index contributed by atoms with van der Waals surface area (Å²) in [4.78, 5) is 14.2. The average molecular weight is 247 g/mol. The van der Waals surface area contributed by atoms with Gasteiger partial charge >= 0.3 is 5.97 Å². The van der Waals surface area contributed by atoms with Crippen molar-refractivity contribution in [2.24, 2.45) is 0 Å². The Bertz CT molecular complexity index is 471. The molecule has 0 aliphatic carbocycles. The molecule has 1 aromatic rings. The molecule has 0 atom stereocenters. The van der Waals surface area contributed by atoms with Crippen LogP contribution in [0.3, 0.4) is 0 Å². The molecular weight excluding hydrogens is 242 g/mol. The average Bonchev–Trinajstić information content (AvgIpc) is 2.26. The van der Waals surface area contributed by atoms with Crippen molar-refractivity contribution in [2.75, 3.05) is 0 Å². The molecule has 1 aromatic heterocycles. The molecule has 1 heterocycles. The molecule has 0 aliphatic heterocycles. The molecule has 0 amide bonds. The number of hydrogen-bond acceptors (Lipinski definition) is 3. The number of hydrogen-bond donors (Lipinski definition) is 1. The number of aromatic nitrogens is 1. The van der Waals surface area contributed by atoms with Gasteiger partial charge in [0.2, 0.25) is 0 Å². The summed E-state index contributed by atoms with van der Waals surface area (Å²) >= 11 is 5.40. The van der Waals surface area contributed by atoms with Crippen LogP contribution in [0, 0.1) is 11.3 Å². The number of rotatable bonds is 3. The SMILES string of the molecule is N#Cc1cc(CCl)nc(C(F)F)c1C(=O)O. The van der Waals surface area contributed by atoms with Crippen molar-refractivity contribution < 1.29 is 18.7 Å². The van der Waals surface area contributed by atoms with Gasteiger partial charge in [0.15, 0.2) is 0 Å². The number of aromatic carboxylic acids is 1. The van der Waals surface area contributed by atoms with E-state index in [1.54, 1.807) is 0 Å². The third-order valence-corrected chi connectivity index (χ3v) is 2.05. The normalized spacial score (nSPS) is 10.2. The maximum absolute atomic E-state index is 12.5. The van der Waals surface area contributed by atoms with Crippen LogP contribution in [-0.2, 0) is 5.88 Å². The summed E-state index contributed by atoms with van der Waals surface area (Å²) in [6.45, 7) is 0. The topological polar surface area (TPSA) is 74.0 Å². The molecule has 84 valence electrons. The lowest BCUT2D eigenvalue weighted by atomic mass is 10.1. The Morgan fingerprint density at radius 1 is 1.69 bits per heavy atom. The van der Waals surface area contributed by atoms with E-state index in [4.69, 9.17) is 22.0 Å². The van der Waals surface area contributed by atoms with E-state index in [0.717, 1.165) is 6.07 Å². The summed E-state index contributed by atoms with van der Waals surface area (Å²) in [7, 11) is 0. The van der Waals surface area contributed by atoms with Crippen LogP contribution >= 0.6 is 11.6 Å². The maximum Gasteiger partial charge on any atom is 0.339 e. The van der Waals surface area contributed by atoms with Crippen molar-refractivity contribution >= 4 is 17.6 Å². The van der Waals surface area contributed by atoms with E-state index in [1.807, 2.05) is 0 Å². The van der Waals surface area contributed by atoms with Gasteiger partial charge in [-0.25, -0.2) is 18.6 Å². The van der Waals surface area contributed by atoms with Gasteiger partial charge in [0.1, 0.15) is 17.3 Å². The summed E-state index contributed by atoms with van der Waals surface area (Å²) in [6.07, 6.45) is -3.07. The Hall–Kier alpha value is -1.74. The molecule has 0 bridgehead atoms. The number of carboxylic acid groups (broad SMARTS) is 1. The van der Waals surface area contributed by atoms with Crippen LogP contribution in [0.1, 0.15) is 33.7 Å². The molecule has 0 saturated carbocycles. The maximum atomic E-state index is 12.5. The summed E-state index contributed by atoms with van der Waals surface area (Å²) in [5, 5.41) is 17.4. The Labute approximate surface area is 94.1 Å². The predicted octanol–water partition coefficient (Wildman–Crippen LogP) is 2.33. The van der Waals surface area contributed by atoms with Crippen LogP contribution < -0.4 is 0 Å². The zero-order valence-corrected chi connectivity index (χ0v) is 8.50. The van der Waals surface area contributed by atoms with Crippen LogP contribution in [0.15, 0.2) is 6.07 Å². The lowest BCUT2D eigenvalue weighted by Crippen LogP contribution is -2.10. The van der Waals surface area contributed by atoms with E-state index < -0.39 is 23.7 Å². The lowest BCUT2D eigenvalue weighted by Gasteiger charge is -2.07. The van der Waals surface area contributed by atoms with E-state index in [1.165, 1.54) is 6.07 Å². The van der Waals surface area contributed by atoms with E-state index in [-0.39, 0.29) is 17.1 Å². The van der Waals surface area contributed by atoms with Crippen molar-refractivity contribution in [2.45, 2.75) is 12.3 Å². The molecule has 0 spiro atoms. The van der Waals surface area contributed by atoms with Crippen molar-refractivity contribution in [3.05, 3.63) is 28.6 Å². The van der Waals surface area contributed by atoms with Gasteiger partial charge in [0, 0.05) is 0 Å². The second-order valence-corrected chi connectivity index (χ2v) is 3.04.